The van der Waals surface area contributed by atoms with Gasteiger partial charge < -0.3 is 9.47 Å². The summed E-state index contributed by atoms with van der Waals surface area (Å²) in [5, 5.41) is 0. The molecule has 0 aliphatic rings. The monoisotopic (exact) mass is 410 g/mol. The van der Waals surface area contributed by atoms with Crippen molar-refractivity contribution in [3.63, 3.8) is 0 Å². The Morgan fingerprint density at radius 3 is 1.59 bits per heavy atom. The maximum atomic E-state index is 13.1. The topological polar surface area (TPSA) is 52.6 Å². The SMILES string of the molecule is C=CCC(CCC)(C(=O)OCC(CC)CCCC)C(=O)OCC(CC)CCCC. The third kappa shape index (κ3) is 9.82. The van der Waals surface area contributed by atoms with Gasteiger partial charge in [0.15, 0.2) is 5.41 Å². The maximum absolute atomic E-state index is 13.1. The number of rotatable bonds is 18. The highest BCUT2D eigenvalue weighted by Gasteiger charge is 2.47. The van der Waals surface area contributed by atoms with Crippen LogP contribution >= 0.6 is 0 Å². The third-order valence-electron chi connectivity index (χ3n) is 5.94. The van der Waals surface area contributed by atoms with Gasteiger partial charge in [0, 0.05) is 0 Å². The van der Waals surface area contributed by atoms with Crippen LogP contribution in [0.1, 0.15) is 105 Å². The Morgan fingerprint density at radius 2 is 1.28 bits per heavy atom. The predicted octanol–water partition coefficient (Wildman–Crippen LogP) is 6.87. The number of carbonyl (C=O) groups is 2. The molecule has 0 aliphatic carbocycles. The quantitative estimate of drug-likeness (QED) is 0.141. The third-order valence-corrected chi connectivity index (χ3v) is 5.94. The molecule has 0 aliphatic heterocycles. The Bertz CT molecular complexity index is 426. The van der Waals surface area contributed by atoms with Crippen LogP contribution in [0.4, 0.5) is 0 Å². The van der Waals surface area contributed by atoms with Gasteiger partial charge in [0.2, 0.25) is 0 Å². The number of carbonyl (C=O) groups excluding carboxylic acids is 2. The van der Waals surface area contributed by atoms with E-state index in [0.717, 1.165) is 51.4 Å². The van der Waals surface area contributed by atoms with Crippen LogP contribution in [0, 0.1) is 17.3 Å². The Balaban J connectivity index is 5.19. The van der Waals surface area contributed by atoms with E-state index in [9.17, 15) is 9.59 Å². The fraction of sp³-hybridized carbons (Fsp3) is 0.840. The minimum Gasteiger partial charge on any atom is -0.465 e. The molecule has 4 nitrogen and oxygen atoms in total. The Morgan fingerprint density at radius 1 is 0.828 bits per heavy atom. The first-order chi connectivity index (χ1) is 13.9. The van der Waals surface area contributed by atoms with E-state index in [4.69, 9.17) is 9.47 Å². The summed E-state index contributed by atoms with van der Waals surface area (Å²) in [6.07, 6.45) is 11.6. The summed E-state index contributed by atoms with van der Waals surface area (Å²) in [6.45, 7) is 15.1. The lowest BCUT2D eigenvalue weighted by Crippen LogP contribution is -2.42. The van der Waals surface area contributed by atoms with Gasteiger partial charge >= 0.3 is 11.9 Å². The van der Waals surface area contributed by atoms with Crippen LogP contribution in [0.2, 0.25) is 0 Å². The molecule has 170 valence electrons. The van der Waals surface area contributed by atoms with Crippen LogP contribution in [0.3, 0.4) is 0 Å². The van der Waals surface area contributed by atoms with Gasteiger partial charge in [-0.05, 0) is 37.5 Å². The lowest BCUT2D eigenvalue weighted by atomic mass is 9.80. The molecule has 2 unspecified atom stereocenters. The van der Waals surface area contributed by atoms with Crippen molar-refractivity contribution in [2.75, 3.05) is 13.2 Å². The average Bonchev–Trinajstić information content (AvgIpc) is 2.73. The molecule has 0 N–H and O–H groups in total. The Labute approximate surface area is 179 Å². The van der Waals surface area contributed by atoms with E-state index in [-0.39, 0.29) is 6.42 Å². The number of allylic oxidation sites excluding steroid dienone is 1. The van der Waals surface area contributed by atoms with E-state index in [1.165, 1.54) is 0 Å². The molecule has 0 aromatic carbocycles. The molecule has 0 aromatic heterocycles. The van der Waals surface area contributed by atoms with Gasteiger partial charge in [-0.15, -0.1) is 6.58 Å². The van der Waals surface area contributed by atoms with Gasteiger partial charge in [0.05, 0.1) is 13.2 Å². The number of hydrogen-bond acceptors (Lipinski definition) is 4. The van der Waals surface area contributed by atoms with Gasteiger partial charge in [-0.1, -0.05) is 85.6 Å². The van der Waals surface area contributed by atoms with Crippen molar-refractivity contribution in [3.8, 4) is 0 Å². The molecule has 0 amide bonds. The van der Waals surface area contributed by atoms with E-state index in [1.807, 2.05) is 6.92 Å². The summed E-state index contributed by atoms with van der Waals surface area (Å²) in [5.74, 6) is -0.199. The molecule has 0 aromatic rings. The van der Waals surface area contributed by atoms with E-state index < -0.39 is 17.4 Å². The zero-order valence-electron chi connectivity index (χ0n) is 19.8. The summed E-state index contributed by atoms with van der Waals surface area (Å²) in [5.41, 5.74) is -1.26. The second-order valence-electron chi connectivity index (χ2n) is 8.35. The minimum atomic E-state index is -1.26. The lowest BCUT2D eigenvalue weighted by molar-refractivity contribution is -0.175. The normalized spacial score (nSPS) is 15.2. The molecule has 2 atom stereocenters. The highest BCUT2D eigenvalue weighted by Crippen LogP contribution is 2.33. The zero-order valence-corrected chi connectivity index (χ0v) is 19.8. The summed E-state index contributed by atoms with van der Waals surface area (Å²) >= 11 is 0. The molecular formula is C25H46O4. The number of ether oxygens (including phenoxy) is 2. The summed E-state index contributed by atoms with van der Waals surface area (Å²) < 4.78 is 11.4. The Kier molecular flexibility index (Phi) is 15.7. The smallest absolute Gasteiger partial charge is 0.323 e. The first kappa shape index (κ1) is 27.7. The first-order valence-corrected chi connectivity index (χ1v) is 11.9. The summed E-state index contributed by atoms with van der Waals surface area (Å²) in [4.78, 5) is 26.2. The van der Waals surface area contributed by atoms with Crippen molar-refractivity contribution in [3.05, 3.63) is 12.7 Å². The largest absolute Gasteiger partial charge is 0.465 e. The maximum Gasteiger partial charge on any atom is 0.323 e. The molecule has 0 rings (SSSR count). The van der Waals surface area contributed by atoms with Gasteiger partial charge in [0.1, 0.15) is 0 Å². The molecule has 0 bridgehead atoms. The first-order valence-electron chi connectivity index (χ1n) is 11.9. The summed E-state index contributed by atoms with van der Waals surface area (Å²) in [6, 6.07) is 0. The van der Waals surface area contributed by atoms with Gasteiger partial charge in [0.25, 0.3) is 0 Å². The van der Waals surface area contributed by atoms with Crippen molar-refractivity contribution in [2.24, 2.45) is 17.3 Å². The second kappa shape index (κ2) is 16.5. The molecule has 0 saturated heterocycles. The summed E-state index contributed by atoms with van der Waals surface area (Å²) in [7, 11) is 0. The molecule has 0 spiro atoms. The van der Waals surface area contributed by atoms with Crippen LogP contribution < -0.4 is 0 Å². The number of unbranched alkanes of at least 4 members (excludes halogenated alkanes) is 2. The lowest BCUT2D eigenvalue weighted by Gasteiger charge is -2.29. The highest BCUT2D eigenvalue weighted by molar-refractivity contribution is 6.00. The van der Waals surface area contributed by atoms with Crippen LogP contribution in [0.15, 0.2) is 12.7 Å². The van der Waals surface area contributed by atoms with Gasteiger partial charge in [-0.25, -0.2) is 0 Å². The van der Waals surface area contributed by atoms with Crippen molar-refractivity contribution >= 4 is 11.9 Å². The molecular weight excluding hydrogens is 364 g/mol. The second-order valence-corrected chi connectivity index (χ2v) is 8.35. The fourth-order valence-electron chi connectivity index (χ4n) is 3.69. The van der Waals surface area contributed by atoms with Crippen molar-refractivity contribution in [1.29, 1.82) is 0 Å². The van der Waals surface area contributed by atoms with E-state index in [1.54, 1.807) is 6.08 Å². The van der Waals surface area contributed by atoms with E-state index in [2.05, 4.69) is 34.3 Å². The molecule has 29 heavy (non-hydrogen) atoms. The number of esters is 2. The van der Waals surface area contributed by atoms with Crippen LogP contribution in [-0.4, -0.2) is 25.2 Å². The van der Waals surface area contributed by atoms with E-state index >= 15 is 0 Å². The predicted molar refractivity (Wildman–Crippen MR) is 121 cm³/mol. The van der Waals surface area contributed by atoms with Crippen LogP contribution in [0.25, 0.3) is 0 Å². The van der Waals surface area contributed by atoms with Crippen molar-refractivity contribution < 1.29 is 19.1 Å². The van der Waals surface area contributed by atoms with Gasteiger partial charge in [-0.2, -0.15) is 0 Å². The molecule has 0 heterocycles. The zero-order chi connectivity index (χ0) is 22.1. The van der Waals surface area contributed by atoms with Gasteiger partial charge in [-0.3, -0.25) is 9.59 Å². The Hall–Kier alpha value is -1.32. The van der Waals surface area contributed by atoms with E-state index in [0.29, 0.717) is 37.9 Å². The minimum absolute atomic E-state index is 0.260. The molecule has 0 saturated carbocycles. The highest BCUT2D eigenvalue weighted by atomic mass is 16.6. The van der Waals surface area contributed by atoms with Crippen LogP contribution in [-0.2, 0) is 19.1 Å². The fourth-order valence-corrected chi connectivity index (χ4v) is 3.69. The molecule has 0 fully saturated rings. The van der Waals surface area contributed by atoms with Crippen molar-refractivity contribution in [1.82, 2.24) is 0 Å². The molecule has 4 heteroatoms. The average molecular weight is 411 g/mol. The standard InChI is InChI=1S/C25H46O4/c1-7-13-15-21(11-5)19-28-23(26)25(17-9-3,18-10-4)24(27)29-20-22(12-6)16-14-8-2/h9,21-22H,3,7-8,10-20H2,1-2,4-6H3. The van der Waals surface area contributed by atoms with Crippen molar-refractivity contribution in [2.45, 2.75) is 105 Å². The molecule has 0 radical (unpaired) electrons. The number of hydrogen-bond donors (Lipinski definition) is 0. The van der Waals surface area contributed by atoms with Crippen LogP contribution in [0.5, 0.6) is 0 Å².